The number of fused-ring (bicyclic) bond motifs is 2. The first-order valence-electron chi connectivity index (χ1n) is 14.2. The van der Waals surface area contributed by atoms with E-state index >= 15 is 0 Å². The Kier molecular flexibility index (Phi) is 8.51. The highest BCUT2D eigenvalue weighted by Crippen LogP contribution is 2.40. The van der Waals surface area contributed by atoms with Crippen molar-refractivity contribution in [2.45, 2.75) is 53.1 Å². The SMILES string of the molecule is CCN1C(=O)C(C)(C)C(=O)N(C)c2cc(OCCCNC(CCn3ccc4oc(C)cc4c3=O)c3cncs3)ccc21. The zero-order chi connectivity index (χ0) is 30.0. The largest absolute Gasteiger partial charge is 0.493 e. The summed E-state index contributed by atoms with van der Waals surface area (Å²) in [7, 11) is 1.70. The van der Waals surface area contributed by atoms with Crippen molar-refractivity contribution in [3.63, 3.8) is 0 Å². The van der Waals surface area contributed by atoms with Crippen LogP contribution in [0.15, 0.2) is 57.4 Å². The van der Waals surface area contributed by atoms with Crippen molar-refractivity contribution in [2.75, 3.05) is 36.5 Å². The fourth-order valence-electron chi connectivity index (χ4n) is 5.40. The summed E-state index contributed by atoms with van der Waals surface area (Å²) in [6.45, 7) is 9.28. The standard InChI is InChI=1S/C31H37N5O5S/c1-6-36-24-9-8-21(17-25(24)34(5)29(38)31(3,4)30(36)39)40-15-7-12-33-23(27-18-32-19-42-27)10-13-35-14-11-26-22(28(35)37)16-20(2)41-26/h8-9,11,14,16-19,23,33H,6-7,10,12-13,15H2,1-5H3. The lowest BCUT2D eigenvalue weighted by atomic mass is 9.90. The number of carbonyl (C=O) groups is 2. The third kappa shape index (κ3) is 5.71. The number of aryl methyl sites for hydroxylation is 2. The lowest BCUT2D eigenvalue weighted by Gasteiger charge is -2.27. The monoisotopic (exact) mass is 591 g/mol. The highest BCUT2D eigenvalue weighted by atomic mass is 32.1. The maximum absolute atomic E-state index is 13.1. The van der Waals surface area contributed by atoms with Gasteiger partial charge in [-0.3, -0.25) is 19.4 Å². The van der Waals surface area contributed by atoms with Crippen molar-refractivity contribution in [2.24, 2.45) is 5.41 Å². The molecule has 1 aliphatic rings. The van der Waals surface area contributed by atoms with Crippen LogP contribution in [0.4, 0.5) is 11.4 Å². The lowest BCUT2D eigenvalue weighted by molar-refractivity contribution is -0.137. The molecule has 0 fully saturated rings. The second-order valence-electron chi connectivity index (χ2n) is 11.0. The van der Waals surface area contributed by atoms with Gasteiger partial charge < -0.3 is 28.8 Å². The van der Waals surface area contributed by atoms with Gasteiger partial charge in [-0.15, -0.1) is 11.3 Å². The number of furan rings is 1. The number of anilines is 2. The fourth-order valence-corrected chi connectivity index (χ4v) is 6.13. The summed E-state index contributed by atoms with van der Waals surface area (Å²) >= 11 is 1.59. The number of amides is 2. The van der Waals surface area contributed by atoms with Gasteiger partial charge in [-0.1, -0.05) is 0 Å². The van der Waals surface area contributed by atoms with E-state index in [4.69, 9.17) is 9.15 Å². The number of benzene rings is 1. The molecule has 42 heavy (non-hydrogen) atoms. The summed E-state index contributed by atoms with van der Waals surface area (Å²) in [6.07, 6.45) is 5.12. The molecule has 0 saturated heterocycles. The molecular weight excluding hydrogens is 554 g/mol. The molecule has 1 aliphatic heterocycles. The normalized spacial score (nSPS) is 15.6. The van der Waals surface area contributed by atoms with Crippen LogP contribution in [0.3, 0.4) is 0 Å². The number of carbonyl (C=O) groups excluding carboxylic acids is 2. The molecule has 2 amide bonds. The molecule has 1 N–H and O–H groups in total. The van der Waals surface area contributed by atoms with E-state index in [0.29, 0.717) is 54.3 Å². The van der Waals surface area contributed by atoms with Crippen LogP contribution in [0, 0.1) is 12.3 Å². The Balaban J connectivity index is 1.19. The number of rotatable bonds is 11. The Labute approximate surface area is 248 Å². The quantitative estimate of drug-likeness (QED) is 0.195. The number of thiazole rings is 1. The van der Waals surface area contributed by atoms with Crippen LogP contribution < -0.4 is 25.4 Å². The van der Waals surface area contributed by atoms with Crippen LogP contribution in [-0.4, -0.2) is 48.1 Å². The first-order valence-corrected chi connectivity index (χ1v) is 15.1. The Bertz CT molecular complexity index is 1640. The van der Waals surface area contributed by atoms with E-state index in [2.05, 4.69) is 10.3 Å². The Morgan fingerprint density at radius 3 is 2.67 bits per heavy atom. The van der Waals surface area contributed by atoms with Gasteiger partial charge in [0.2, 0.25) is 11.8 Å². The van der Waals surface area contributed by atoms with E-state index in [1.165, 1.54) is 0 Å². The Hall–Kier alpha value is -3.96. The van der Waals surface area contributed by atoms with Gasteiger partial charge in [0.1, 0.15) is 22.5 Å². The molecule has 0 bridgehead atoms. The molecule has 11 heteroatoms. The molecule has 222 valence electrons. The maximum atomic E-state index is 13.1. The summed E-state index contributed by atoms with van der Waals surface area (Å²) in [5.74, 6) is 0.902. The first-order chi connectivity index (χ1) is 20.1. The topological polar surface area (TPSA) is 110 Å². The minimum absolute atomic E-state index is 0.0410. The van der Waals surface area contributed by atoms with Gasteiger partial charge in [0, 0.05) is 49.5 Å². The molecular formula is C31H37N5O5S. The summed E-state index contributed by atoms with van der Waals surface area (Å²) in [4.78, 5) is 47.7. The van der Waals surface area contributed by atoms with Gasteiger partial charge in [-0.05, 0) is 71.3 Å². The Morgan fingerprint density at radius 1 is 1.12 bits per heavy atom. The van der Waals surface area contributed by atoms with Crippen LogP contribution in [0.1, 0.15) is 50.3 Å². The van der Waals surface area contributed by atoms with E-state index in [0.717, 1.165) is 23.5 Å². The maximum Gasteiger partial charge on any atom is 0.261 e. The van der Waals surface area contributed by atoms with Crippen molar-refractivity contribution >= 4 is 45.5 Å². The van der Waals surface area contributed by atoms with Gasteiger partial charge in [0.25, 0.3) is 5.56 Å². The van der Waals surface area contributed by atoms with E-state index in [9.17, 15) is 14.4 Å². The molecule has 0 radical (unpaired) electrons. The molecule has 1 unspecified atom stereocenters. The minimum atomic E-state index is -1.15. The average Bonchev–Trinajstić information content (AvgIpc) is 3.64. The highest BCUT2D eigenvalue weighted by Gasteiger charge is 2.45. The van der Waals surface area contributed by atoms with Gasteiger partial charge in [0.05, 0.1) is 28.9 Å². The predicted octanol–water partition coefficient (Wildman–Crippen LogP) is 4.91. The number of hydrogen-bond donors (Lipinski definition) is 1. The van der Waals surface area contributed by atoms with Crippen LogP contribution in [0.5, 0.6) is 5.75 Å². The fraction of sp³-hybridized carbons (Fsp3) is 0.419. The van der Waals surface area contributed by atoms with E-state index in [1.54, 1.807) is 58.9 Å². The van der Waals surface area contributed by atoms with Crippen LogP contribution in [0.25, 0.3) is 11.0 Å². The smallest absolute Gasteiger partial charge is 0.261 e. The third-order valence-corrected chi connectivity index (χ3v) is 8.64. The van der Waals surface area contributed by atoms with Crippen LogP contribution >= 0.6 is 11.3 Å². The predicted molar refractivity (Wildman–Crippen MR) is 164 cm³/mol. The van der Waals surface area contributed by atoms with Crippen molar-refractivity contribution in [3.05, 3.63) is 69.2 Å². The second-order valence-corrected chi connectivity index (χ2v) is 12.0. The molecule has 0 aliphatic carbocycles. The summed E-state index contributed by atoms with van der Waals surface area (Å²) in [5.41, 5.74) is 2.58. The average molecular weight is 592 g/mol. The van der Waals surface area contributed by atoms with E-state index in [-0.39, 0.29) is 23.4 Å². The van der Waals surface area contributed by atoms with Crippen LogP contribution in [-0.2, 0) is 16.1 Å². The molecule has 4 heterocycles. The number of aromatic nitrogens is 2. The molecule has 0 saturated carbocycles. The van der Waals surface area contributed by atoms with Gasteiger partial charge in [0.15, 0.2) is 0 Å². The molecule has 1 aromatic carbocycles. The van der Waals surface area contributed by atoms with Gasteiger partial charge in [-0.25, -0.2) is 0 Å². The van der Waals surface area contributed by atoms with Crippen molar-refractivity contribution in [3.8, 4) is 5.75 Å². The van der Waals surface area contributed by atoms with E-state index in [1.807, 2.05) is 49.8 Å². The number of pyridine rings is 1. The van der Waals surface area contributed by atoms with Gasteiger partial charge >= 0.3 is 0 Å². The number of hydrogen-bond acceptors (Lipinski definition) is 8. The first kappa shape index (κ1) is 29.5. The molecule has 4 aromatic rings. The van der Waals surface area contributed by atoms with Crippen molar-refractivity contribution in [1.29, 1.82) is 0 Å². The molecule has 1 atom stereocenters. The molecule has 0 spiro atoms. The lowest BCUT2D eigenvalue weighted by Crippen LogP contribution is -2.47. The third-order valence-electron chi connectivity index (χ3n) is 7.75. The highest BCUT2D eigenvalue weighted by molar-refractivity contribution is 7.09. The number of nitrogens with zero attached hydrogens (tertiary/aromatic N) is 4. The van der Waals surface area contributed by atoms with E-state index < -0.39 is 5.41 Å². The van der Waals surface area contributed by atoms with Crippen LogP contribution in [0.2, 0.25) is 0 Å². The molecule has 10 nitrogen and oxygen atoms in total. The number of ether oxygens (including phenoxy) is 1. The molecule has 5 rings (SSSR count). The summed E-state index contributed by atoms with van der Waals surface area (Å²) < 4.78 is 13.4. The zero-order valence-electron chi connectivity index (χ0n) is 24.7. The van der Waals surface area contributed by atoms with Crippen molar-refractivity contribution in [1.82, 2.24) is 14.9 Å². The second kappa shape index (κ2) is 12.1. The zero-order valence-corrected chi connectivity index (χ0v) is 25.5. The minimum Gasteiger partial charge on any atom is -0.493 e. The summed E-state index contributed by atoms with van der Waals surface area (Å²) in [6, 6.07) is 9.18. The molecule has 3 aromatic heterocycles. The summed E-state index contributed by atoms with van der Waals surface area (Å²) in [5, 5.41) is 4.19. The number of nitrogens with one attached hydrogen (secondary N) is 1. The Morgan fingerprint density at radius 2 is 1.93 bits per heavy atom. The van der Waals surface area contributed by atoms with Crippen molar-refractivity contribution < 1.29 is 18.7 Å². The van der Waals surface area contributed by atoms with Gasteiger partial charge in [-0.2, -0.15) is 0 Å².